The van der Waals surface area contributed by atoms with E-state index in [1.54, 1.807) is 31.6 Å². The molecule has 0 bridgehead atoms. The molecule has 0 radical (unpaired) electrons. The van der Waals surface area contributed by atoms with Crippen molar-refractivity contribution in [3.8, 4) is 0 Å². The predicted molar refractivity (Wildman–Crippen MR) is 88.5 cm³/mol. The van der Waals surface area contributed by atoms with Gasteiger partial charge in [-0.2, -0.15) is 0 Å². The van der Waals surface area contributed by atoms with E-state index in [9.17, 15) is 4.79 Å². The van der Waals surface area contributed by atoms with Crippen LogP contribution in [0.5, 0.6) is 0 Å². The molecule has 1 amide bonds. The van der Waals surface area contributed by atoms with Gasteiger partial charge in [0, 0.05) is 19.2 Å². The van der Waals surface area contributed by atoms with Gasteiger partial charge in [0.2, 0.25) is 0 Å². The fourth-order valence-electron chi connectivity index (χ4n) is 2.46. The maximum Gasteiger partial charge on any atom is 0.488 e. The molecular formula is C16H16BN3O3. The minimum Gasteiger partial charge on any atom is -0.423 e. The van der Waals surface area contributed by atoms with Crippen LogP contribution in [0, 0.1) is 0 Å². The van der Waals surface area contributed by atoms with Crippen molar-refractivity contribution in [3.63, 3.8) is 0 Å². The standard InChI is InChI=1S/C16H16BN3O3/c1-18-16(21)12-4-7-14-15(8-12)20(10-19-14)9-11-2-5-13(6-3-11)17(22)23/h2-8,10,22-23H,9H2,1H3,(H,18,21). The van der Waals surface area contributed by atoms with Crippen LogP contribution in [0.4, 0.5) is 0 Å². The molecule has 7 heteroatoms. The van der Waals surface area contributed by atoms with Gasteiger partial charge in [-0.15, -0.1) is 0 Å². The minimum absolute atomic E-state index is 0.138. The Bertz CT molecular complexity index is 843. The number of nitrogens with one attached hydrogen (secondary N) is 1. The second-order valence-corrected chi connectivity index (χ2v) is 5.27. The molecule has 3 rings (SSSR count). The van der Waals surface area contributed by atoms with Crippen molar-refractivity contribution in [1.82, 2.24) is 14.9 Å². The van der Waals surface area contributed by atoms with E-state index in [4.69, 9.17) is 10.0 Å². The highest BCUT2D eigenvalue weighted by Crippen LogP contribution is 2.16. The van der Waals surface area contributed by atoms with Crippen molar-refractivity contribution >= 4 is 29.5 Å². The third kappa shape index (κ3) is 3.11. The summed E-state index contributed by atoms with van der Waals surface area (Å²) in [5.74, 6) is -0.138. The molecule has 0 atom stereocenters. The van der Waals surface area contributed by atoms with Crippen molar-refractivity contribution in [3.05, 3.63) is 59.9 Å². The Labute approximate surface area is 133 Å². The summed E-state index contributed by atoms with van der Waals surface area (Å²) < 4.78 is 1.95. The number of amides is 1. The van der Waals surface area contributed by atoms with Gasteiger partial charge in [-0.05, 0) is 29.2 Å². The summed E-state index contributed by atoms with van der Waals surface area (Å²) in [5.41, 5.74) is 3.73. The lowest BCUT2D eigenvalue weighted by Gasteiger charge is -2.07. The zero-order chi connectivity index (χ0) is 16.4. The van der Waals surface area contributed by atoms with E-state index in [0.717, 1.165) is 16.6 Å². The molecule has 0 fully saturated rings. The van der Waals surface area contributed by atoms with Crippen molar-refractivity contribution in [2.45, 2.75) is 6.54 Å². The summed E-state index contributed by atoms with van der Waals surface area (Å²) in [6, 6.07) is 12.4. The monoisotopic (exact) mass is 309 g/mol. The van der Waals surface area contributed by atoms with Gasteiger partial charge in [0.1, 0.15) is 0 Å². The van der Waals surface area contributed by atoms with Gasteiger partial charge in [0.25, 0.3) is 5.91 Å². The fraction of sp³-hybridized carbons (Fsp3) is 0.125. The smallest absolute Gasteiger partial charge is 0.423 e. The van der Waals surface area contributed by atoms with Crippen LogP contribution in [0.3, 0.4) is 0 Å². The van der Waals surface area contributed by atoms with Crippen molar-refractivity contribution in [2.75, 3.05) is 7.05 Å². The Balaban J connectivity index is 1.91. The average molecular weight is 309 g/mol. The first kappa shape index (κ1) is 15.3. The largest absolute Gasteiger partial charge is 0.488 e. The van der Waals surface area contributed by atoms with Crippen LogP contribution in [-0.4, -0.2) is 39.7 Å². The lowest BCUT2D eigenvalue weighted by atomic mass is 9.80. The van der Waals surface area contributed by atoms with Crippen LogP contribution >= 0.6 is 0 Å². The SMILES string of the molecule is CNC(=O)c1ccc2ncn(Cc3ccc(B(O)O)cc3)c2c1. The Morgan fingerprint density at radius 2 is 1.96 bits per heavy atom. The molecule has 116 valence electrons. The molecule has 6 nitrogen and oxygen atoms in total. The molecule has 0 spiro atoms. The van der Waals surface area contributed by atoms with E-state index in [2.05, 4.69) is 10.3 Å². The maximum absolute atomic E-state index is 11.8. The number of hydrogen-bond acceptors (Lipinski definition) is 4. The predicted octanol–water partition coefficient (Wildman–Crippen LogP) is 0.124. The molecule has 0 aliphatic heterocycles. The van der Waals surface area contributed by atoms with E-state index < -0.39 is 7.12 Å². The molecule has 0 saturated carbocycles. The number of imidazole rings is 1. The number of benzene rings is 2. The minimum atomic E-state index is -1.46. The second kappa shape index (κ2) is 6.24. The zero-order valence-electron chi connectivity index (χ0n) is 12.6. The summed E-state index contributed by atoms with van der Waals surface area (Å²) in [6.07, 6.45) is 1.73. The summed E-state index contributed by atoms with van der Waals surface area (Å²) >= 11 is 0. The molecule has 0 unspecified atom stereocenters. The Kier molecular flexibility index (Phi) is 4.14. The van der Waals surface area contributed by atoms with Crippen LogP contribution < -0.4 is 10.8 Å². The number of rotatable bonds is 4. The van der Waals surface area contributed by atoms with Crippen LogP contribution in [-0.2, 0) is 6.54 Å². The van der Waals surface area contributed by atoms with Crippen molar-refractivity contribution < 1.29 is 14.8 Å². The van der Waals surface area contributed by atoms with Gasteiger partial charge in [-0.1, -0.05) is 24.3 Å². The molecule has 3 aromatic rings. The first-order valence-corrected chi connectivity index (χ1v) is 7.20. The summed E-state index contributed by atoms with van der Waals surface area (Å²) in [5, 5.41) is 20.9. The second-order valence-electron chi connectivity index (χ2n) is 5.27. The molecule has 3 N–H and O–H groups in total. The maximum atomic E-state index is 11.8. The van der Waals surface area contributed by atoms with Gasteiger partial charge in [-0.3, -0.25) is 4.79 Å². The molecule has 2 aromatic carbocycles. The number of carbonyl (C=O) groups excluding carboxylic acids is 1. The highest BCUT2D eigenvalue weighted by atomic mass is 16.4. The quantitative estimate of drug-likeness (QED) is 0.598. The Morgan fingerprint density at radius 3 is 2.61 bits per heavy atom. The van der Waals surface area contributed by atoms with Gasteiger partial charge in [0.15, 0.2) is 0 Å². The third-order valence-corrected chi connectivity index (χ3v) is 3.74. The lowest BCUT2D eigenvalue weighted by molar-refractivity contribution is 0.0963. The molecule has 0 aliphatic rings. The fourth-order valence-corrected chi connectivity index (χ4v) is 2.46. The third-order valence-electron chi connectivity index (χ3n) is 3.74. The number of carbonyl (C=O) groups is 1. The van der Waals surface area contributed by atoms with Gasteiger partial charge in [0.05, 0.1) is 17.4 Å². The number of aromatic nitrogens is 2. The van der Waals surface area contributed by atoms with E-state index in [-0.39, 0.29) is 5.91 Å². The molecule has 1 heterocycles. The highest BCUT2D eigenvalue weighted by Gasteiger charge is 2.11. The number of hydrogen-bond donors (Lipinski definition) is 3. The van der Waals surface area contributed by atoms with Crippen molar-refractivity contribution in [1.29, 1.82) is 0 Å². The van der Waals surface area contributed by atoms with Crippen LogP contribution in [0.1, 0.15) is 15.9 Å². The topological polar surface area (TPSA) is 87.4 Å². The van der Waals surface area contributed by atoms with Crippen LogP contribution in [0.2, 0.25) is 0 Å². The van der Waals surface area contributed by atoms with Gasteiger partial charge in [-0.25, -0.2) is 4.98 Å². The van der Waals surface area contributed by atoms with E-state index in [1.807, 2.05) is 28.8 Å². The first-order chi connectivity index (χ1) is 11.1. The van der Waals surface area contributed by atoms with E-state index in [0.29, 0.717) is 17.6 Å². The van der Waals surface area contributed by atoms with Gasteiger partial charge < -0.3 is 19.9 Å². The van der Waals surface area contributed by atoms with E-state index in [1.165, 1.54) is 0 Å². The number of nitrogens with zero attached hydrogens (tertiary/aromatic N) is 2. The lowest BCUT2D eigenvalue weighted by Crippen LogP contribution is -2.29. The number of fused-ring (bicyclic) bond motifs is 1. The summed E-state index contributed by atoms with van der Waals surface area (Å²) in [6.45, 7) is 0.579. The summed E-state index contributed by atoms with van der Waals surface area (Å²) in [7, 11) is 0.134. The Morgan fingerprint density at radius 1 is 1.22 bits per heavy atom. The van der Waals surface area contributed by atoms with Crippen LogP contribution in [0.25, 0.3) is 11.0 Å². The van der Waals surface area contributed by atoms with Gasteiger partial charge >= 0.3 is 7.12 Å². The van der Waals surface area contributed by atoms with Crippen molar-refractivity contribution in [2.24, 2.45) is 0 Å². The molecule has 1 aromatic heterocycles. The average Bonchev–Trinajstić information content (AvgIpc) is 2.97. The van der Waals surface area contributed by atoms with Crippen LogP contribution in [0.15, 0.2) is 48.8 Å². The summed E-state index contributed by atoms with van der Waals surface area (Å²) in [4.78, 5) is 16.1. The Hall–Kier alpha value is -2.64. The normalized spacial score (nSPS) is 10.7. The van der Waals surface area contributed by atoms with E-state index >= 15 is 0 Å². The first-order valence-electron chi connectivity index (χ1n) is 7.20. The molecular weight excluding hydrogens is 293 g/mol. The zero-order valence-corrected chi connectivity index (χ0v) is 12.6. The molecule has 0 saturated heterocycles. The molecule has 0 aliphatic carbocycles. The highest BCUT2D eigenvalue weighted by molar-refractivity contribution is 6.58. The molecule has 23 heavy (non-hydrogen) atoms.